The summed E-state index contributed by atoms with van der Waals surface area (Å²) in [5.74, 6) is -10.7. The molecule has 2 aliphatic heterocycles. The minimum atomic E-state index is -1.88. The summed E-state index contributed by atoms with van der Waals surface area (Å²) in [6.07, 6.45) is -3.15. The fourth-order valence-electron chi connectivity index (χ4n) is 6.82. The van der Waals surface area contributed by atoms with Gasteiger partial charge in [0.1, 0.15) is 54.4 Å². The second-order valence-electron chi connectivity index (χ2n) is 15.6. The number of aliphatic carboxylic acids is 2. The van der Waals surface area contributed by atoms with Gasteiger partial charge in [-0.05, 0) is 66.2 Å². The van der Waals surface area contributed by atoms with Crippen molar-refractivity contribution in [2.45, 2.75) is 139 Å². The Bertz CT molecular complexity index is 1760. The first-order chi connectivity index (χ1) is 29.9. The lowest BCUT2D eigenvalue weighted by molar-refractivity contribution is -0.145. The first kappa shape index (κ1) is 53.9. The minimum absolute atomic E-state index is 0.00322. The number of carbonyl (C=O) groups is 10. The number of nitrogens with one attached hydrogen (secondary N) is 6. The van der Waals surface area contributed by atoms with Crippen LogP contribution in [0.3, 0.4) is 0 Å². The molecule has 27 nitrogen and oxygen atoms in total. The molecule has 0 radical (unpaired) electrons. The van der Waals surface area contributed by atoms with Gasteiger partial charge < -0.3 is 84.4 Å². The fraction of sp³-hybridized carbons (Fsp3) is 0.703. The number of hydrogen-bond acceptors (Lipinski definition) is 15. The molecule has 2 saturated heterocycles. The lowest BCUT2D eigenvalue weighted by Crippen LogP contribution is -2.62. The van der Waals surface area contributed by atoms with Gasteiger partial charge in [-0.15, -0.1) is 0 Å². The lowest BCUT2D eigenvalue weighted by atomic mass is 10.1. The van der Waals surface area contributed by atoms with E-state index in [2.05, 4.69) is 36.9 Å². The topological polar surface area (TPSA) is 441 Å². The van der Waals surface area contributed by atoms with Crippen LogP contribution in [0.25, 0.3) is 0 Å². The number of guanidine groups is 1. The molecule has 0 aromatic carbocycles. The SMILES string of the molecule is C[C@H](NC(=O)[C@@H]1CCCN1C(=O)[C@H](CCCN=C(N)N)NC(=O)[C@@H](NC(=O)[C@H](CC(=O)O)NC(=O)[C@@H]1CCCN1C(=O)[C@H](C)NC(=O)[C@H](CO)NC(=O)[C@@H](N)[C@@H](C)O)[C@@H](C)O)C(=O)O. The number of nitrogens with zero attached hydrogens (tertiary/aromatic N) is 3. The van der Waals surface area contributed by atoms with Crippen molar-refractivity contribution in [2.75, 3.05) is 26.2 Å². The third-order valence-electron chi connectivity index (χ3n) is 10.4. The van der Waals surface area contributed by atoms with Gasteiger partial charge in [-0.1, -0.05) is 0 Å². The quantitative estimate of drug-likeness (QED) is 0.0243. The molecule has 0 bridgehead atoms. The summed E-state index contributed by atoms with van der Waals surface area (Å²) in [7, 11) is 0. The first-order valence-corrected chi connectivity index (χ1v) is 20.6. The van der Waals surface area contributed by atoms with Crippen LogP contribution in [0, 0.1) is 0 Å². The summed E-state index contributed by atoms with van der Waals surface area (Å²) >= 11 is 0. The summed E-state index contributed by atoms with van der Waals surface area (Å²) in [6, 6.07) is -13.1. The Morgan fingerprint density at radius 1 is 0.656 bits per heavy atom. The Kier molecular flexibility index (Phi) is 21.2. The van der Waals surface area contributed by atoms with Gasteiger partial charge in [-0.2, -0.15) is 0 Å². The van der Waals surface area contributed by atoms with E-state index < -0.39 is 139 Å². The van der Waals surface area contributed by atoms with E-state index in [0.29, 0.717) is 6.42 Å². The predicted molar refractivity (Wildman–Crippen MR) is 221 cm³/mol. The summed E-state index contributed by atoms with van der Waals surface area (Å²) in [4.78, 5) is 136. The Morgan fingerprint density at radius 3 is 1.69 bits per heavy atom. The van der Waals surface area contributed by atoms with E-state index >= 15 is 0 Å². The monoisotopic (exact) mass is 914 g/mol. The molecule has 2 aliphatic rings. The smallest absolute Gasteiger partial charge is 0.325 e. The van der Waals surface area contributed by atoms with Crippen molar-refractivity contribution in [3.05, 3.63) is 0 Å². The van der Waals surface area contributed by atoms with Gasteiger partial charge in [-0.3, -0.25) is 52.9 Å². The van der Waals surface area contributed by atoms with Crippen LogP contribution >= 0.6 is 0 Å². The van der Waals surface area contributed by atoms with Gasteiger partial charge in [-0.25, -0.2) is 0 Å². The Balaban J connectivity index is 2.25. The van der Waals surface area contributed by atoms with Crippen LogP contribution in [0.1, 0.15) is 72.6 Å². The Morgan fingerprint density at radius 2 is 1.19 bits per heavy atom. The third kappa shape index (κ3) is 15.9. The molecule has 2 fully saturated rings. The average Bonchev–Trinajstić information content (AvgIpc) is 3.92. The molecule has 0 saturated carbocycles. The highest BCUT2D eigenvalue weighted by Gasteiger charge is 2.42. The normalized spacial score (nSPS) is 20.1. The van der Waals surface area contributed by atoms with Crippen molar-refractivity contribution in [2.24, 2.45) is 22.2 Å². The second kappa shape index (κ2) is 25.2. The number of hydrogen-bond donors (Lipinski definition) is 14. The van der Waals surface area contributed by atoms with Crippen LogP contribution in [0.15, 0.2) is 4.99 Å². The van der Waals surface area contributed by atoms with Crippen LogP contribution in [0.2, 0.25) is 0 Å². The van der Waals surface area contributed by atoms with Gasteiger partial charge in [0.05, 0.1) is 25.2 Å². The Hall–Kier alpha value is -6.19. The maximum atomic E-state index is 13.9. The number of likely N-dealkylation sites (tertiary alicyclic amines) is 2. The molecule has 8 amide bonds. The molecule has 2 rings (SSSR count). The van der Waals surface area contributed by atoms with Crippen LogP contribution in [-0.2, 0) is 47.9 Å². The van der Waals surface area contributed by atoms with E-state index in [1.54, 1.807) is 0 Å². The molecule has 2 heterocycles. The standard InChI is InChI=1S/C37H62N12O15/c1-16(42-29(56)22(15-50)46-32(59)26(38)18(3)51)34(61)48-12-6-10-24(48)31(58)45-21(14-25(53)54)28(55)47-27(19(4)52)33(60)44-20(8-5-11-41-37(39)40)35(62)49-13-7-9-23(49)30(57)43-17(2)36(63)64/h16-24,26-27,50-52H,5-15,38H2,1-4H3,(H,42,56)(H,43,57)(H,44,60)(H,45,58)(H,46,59)(H,47,55)(H,53,54)(H,63,64)(H4,39,40,41)/t16-,17-,18+,19+,20-,21-,22-,23-,24-,26-,27-/m0/s1. The largest absolute Gasteiger partial charge is 0.481 e. The second-order valence-corrected chi connectivity index (χ2v) is 15.6. The molecule has 0 aromatic heterocycles. The molecule has 17 N–H and O–H groups in total. The van der Waals surface area contributed by atoms with Crippen LogP contribution in [-0.4, -0.2) is 193 Å². The van der Waals surface area contributed by atoms with Gasteiger partial charge >= 0.3 is 11.9 Å². The zero-order chi connectivity index (χ0) is 48.6. The first-order valence-electron chi connectivity index (χ1n) is 20.6. The van der Waals surface area contributed by atoms with E-state index in [1.807, 2.05) is 0 Å². The van der Waals surface area contributed by atoms with E-state index in [1.165, 1.54) is 20.8 Å². The number of aliphatic imine (C=N–C) groups is 1. The van der Waals surface area contributed by atoms with E-state index in [4.69, 9.17) is 17.2 Å². The van der Waals surface area contributed by atoms with Crippen molar-refractivity contribution in [3.63, 3.8) is 0 Å². The number of carbonyl (C=O) groups excluding carboxylic acids is 8. The van der Waals surface area contributed by atoms with Crippen molar-refractivity contribution < 1.29 is 73.5 Å². The summed E-state index contributed by atoms with van der Waals surface area (Å²) in [5, 5.41) is 62.5. The summed E-state index contributed by atoms with van der Waals surface area (Å²) in [6.45, 7) is 4.01. The highest BCUT2D eigenvalue weighted by Crippen LogP contribution is 2.21. The molecular weight excluding hydrogens is 852 g/mol. The number of aliphatic hydroxyl groups excluding tert-OH is 3. The maximum absolute atomic E-state index is 13.9. The molecule has 360 valence electrons. The fourth-order valence-corrected chi connectivity index (χ4v) is 6.82. The Labute approximate surface area is 367 Å². The van der Waals surface area contributed by atoms with Crippen molar-refractivity contribution in [1.82, 2.24) is 41.7 Å². The number of amides is 8. The number of carboxylic acids is 2. The van der Waals surface area contributed by atoms with Crippen LogP contribution in [0.4, 0.5) is 0 Å². The summed E-state index contributed by atoms with van der Waals surface area (Å²) < 4.78 is 0. The highest BCUT2D eigenvalue weighted by molar-refractivity contribution is 5.99. The number of aliphatic hydroxyl groups is 3. The third-order valence-corrected chi connectivity index (χ3v) is 10.4. The van der Waals surface area contributed by atoms with E-state index in [-0.39, 0.29) is 57.7 Å². The van der Waals surface area contributed by atoms with E-state index in [9.17, 15) is 73.5 Å². The minimum Gasteiger partial charge on any atom is -0.481 e. The van der Waals surface area contributed by atoms with Gasteiger partial charge in [0.2, 0.25) is 47.3 Å². The zero-order valence-corrected chi connectivity index (χ0v) is 36.0. The summed E-state index contributed by atoms with van der Waals surface area (Å²) in [5.41, 5.74) is 16.4. The molecular formula is C37H62N12O15. The molecule has 64 heavy (non-hydrogen) atoms. The lowest BCUT2D eigenvalue weighted by Gasteiger charge is -2.31. The van der Waals surface area contributed by atoms with Crippen molar-refractivity contribution in [1.29, 1.82) is 0 Å². The number of nitrogens with two attached hydrogens (primary N) is 3. The van der Waals surface area contributed by atoms with Gasteiger partial charge in [0.25, 0.3) is 0 Å². The average molecular weight is 915 g/mol. The van der Waals surface area contributed by atoms with Crippen molar-refractivity contribution in [3.8, 4) is 0 Å². The highest BCUT2D eigenvalue weighted by atomic mass is 16.4. The molecule has 0 spiro atoms. The predicted octanol–water partition coefficient (Wildman–Crippen LogP) is -7.39. The zero-order valence-electron chi connectivity index (χ0n) is 36.0. The molecule has 27 heteroatoms. The number of carboxylic acid groups (broad SMARTS) is 2. The molecule has 11 atom stereocenters. The molecule has 0 unspecified atom stereocenters. The molecule has 0 aliphatic carbocycles. The van der Waals surface area contributed by atoms with Crippen molar-refractivity contribution >= 4 is 65.2 Å². The van der Waals surface area contributed by atoms with Crippen LogP contribution < -0.4 is 49.1 Å². The molecule has 0 aromatic rings. The van der Waals surface area contributed by atoms with E-state index in [0.717, 1.165) is 16.7 Å². The number of rotatable bonds is 24. The van der Waals surface area contributed by atoms with Crippen LogP contribution in [0.5, 0.6) is 0 Å². The van der Waals surface area contributed by atoms with Gasteiger partial charge in [0.15, 0.2) is 5.96 Å². The maximum Gasteiger partial charge on any atom is 0.325 e. The van der Waals surface area contributed by atoms with Gasteiger partial charge in [0, 0.05) is 19.6 Å².